The zero-order valence-electron chi connectivity index (χ0n) is 8.59. The third-order valence-corrected chi connectivity index (χ3v) is 3.16. The van der Waals surface area contributed by atoms with Gasteiger partial charge in [-0.15, -0.1) is 0 Å². The molecule has 0 N–H and O–H groups in total. The van der Waals surface area contributed by atoms with Crippen LogP contribution in [-0.4, -0.2) is 27.2 Å². The van der Waals surface area contributed by atoms with Crippen molar-refractivity contribution in [1.82, 2.24) is 0 Å². The largest absolute Gasteiger partial charge is 0.469 e. The Kier molecular flexibility index (Phi) is 4.32. The van der Waals surface area contributed by atoms with Gasteiger partial charge in [-0.05, 0) is 5.56 Å². The van der Waals surface area contributed by atoms with E-state index < -0.39 is 26.7 Å². The maximum atomic E-state index is 11.4. The molecule has 16 heavy (non-hydrogen) atoms. The van der Waals surface area contributed by atoms with Crippen molar-refractivity contribution in [1.29, 1.82) is 0 Å². The predicted octanol–water partition coefficient (Wildman–Crippen LogP) is 1.51. The van der Waals surface area contributed by atoms with Gasteiger partial charge < -0.3 is 4.74 Å². The molecule has 0 aliphatic rings. The summed E-state index contributed by atoms with van der Waals surface area (Å²) in [6.45, 7) is 0. The lowest BCUT2D eigenvalue weighted by Gasteiger charge is -2.12. The highest BCUT2D eigenvalue weighted by molar-refractivity contribution is 8.13. The van der Waals surface area contributed by atoms with Gasteiger partial charge in [-0.25, -0.2) is 8.42 Å². The summed E-state index contributed by atoms with van der Waals surface area (Å²) in [5.41, 5.74) is 0.568. The summed E-state index contributed by atoms with van der Waals surface area (Å²) in [5, 5.41) is 0. The SMILES string of the molecule is COC(=O)C(CS(=O)(=O)Cl)c1ccccc1. The van der Waals surface area contributed by atoms with Gasteiger partial charge in [0.15, 0.2) is 0 Å². The molecular weight excluding hydrogens is 252 g/mol. The van der Waals surface area contributed by atoms with Crippen LogP contribution in [0.15, 0.2) is 30.3 Å². The molecule has 0 heterocycles. The normalized spacial score (nSPS) is 13.1. The van der Waals surface area contributed by atoms with Crippen LogP contribution in [0, 0.1) is 0 Å². The van der Waals surface area contributed by atoms with Gasteiger partial charge in [-0.2, -0.15) is 0 Å². The molecule has 0 aromatic heterocycles. The first-order valence-corrected chi connectivity index (χ1v) is 6.97. The number of esters is 1. The number of carbonyl (C=O) groups is 1. The van der Waals surface area contributed by atoms with Crippen LogP contribution >= 0.6 is 10.7 Å². The molecule has 0 fully saturated rings. The van der Waals surface area contributed by atoms with E-state index in [0.29, 0.717) is 5.56 Å². The number of ether oxygens (including phenoxy) is 1. The Labute approximate surface area is 98.6 Å². The van der Waals surface area contributed by atoms with Gasteiger partial charge in [0, 0.05) is 10.7 Å². The minimum atomic E-state index is -3.76. The topological polar surface area (TPSA) is 60.4 Å². The Morgan fingerprint density at radius 1 is 1.38 bits per heavy atom. The number of hydrogen-bond acceptors (Lipinski definition) is 4. The van der Waals surface area contributed by atoms with Crippen LogP contribution in [0.1, 0.15) is 11.5 Å². The lowest BCUT2D eigenvalue weighted by molar-refractivity contribution is -0.141. The lowest BCUT2D eigenvalue weighted by Crippen LogP contribution is -2.21. The smallest absolute Gasteiger partial charge is 0.314 e. The molecule has 4 nitrogen and oxygen atoms in total. The molecule has 0 aliphatic heterocycles. The fourth-order valence-electron chi connectivity index (χ4n) is 1.33. The van der Waals surface area contributed by atoms with Gasteiger partial charge in [0.25, 0.3) is 0 Å². The van der Waals surface area contributed by atoms with Gasteiger partial charge in [-0.1, -0.05) is 30.3 Å². The van der Waals surface area contributed by atoms with E-state index >= 15 is 0 Å². The average molecular weight is 263 g/mol. The van der Waals surface area contributed by atoms with E-state index in [1.54, 1.807) is 30.3 Å². The summed E-state index contributed by atoms with van der Waals surface area (Å²) >= 11 is 0. The highest BCUT2D eigenvalue weighted by atomic mass is 35.7. The van der Waals surface area contributed by atoms with Gasteiger partial charge in [0.2, 0.25) is 9.05 Å². The molecule has 1 aromatic carbocycles. The van der Waals surface area contributed by atoms with Crippen molar-refractivity contribution in [2.75, 3.05) is 12.9 Å². The van der Waals surface area contributed by atoms with Crippen LogP contribution in [0.2, 0.25) is 0 Å². The van der Waals surface area contributed by atoms with Crippen molar-refractivity contribution in [3.05, 3.63) is 35.9 Å². The Morgan fingerprint density at radius 2 is 1.94 bits per heavy atom. The minimum Gasteiger partial charge on any atom is -0.469 e. The summed E-state index contributed by atoms with van der Waals surface area (Å²) < 4.78 is 26.5. The number of hydrogen-bond donors (Lipinski definition) is 0. The van der Waals surface area contributed by atoms with Crippen LogP contribution < -0.4 is 0 Å². The van der Waals surface area contributed by atoms with E-state index in [2.05, 4.69) is 4.74 Å². The average Bonchev–Trinajstić information content (AvgIpc) is 2.25. The van der Waals surface area contributed by atoms with Gasteiger partial charge >= 0.3 is 5.97 Å². The molecule has 88 valence electrons. The molecule has 1 rings (SSSR count). The van der Waals surface area contributed by atoms with E-state index in [1.165, 1.54) is 7.11 Å². The number of halogens is 1. The van der Waals surface area contributed by atoms with Gasteiger partial charge in [0.05, 0.1) is 18.8 Å². The lowest BCUT2D eigenvalue weighted by atomic mass is 10.0. The molecule has 6 heteroatoms. The van der Waals surface area contributed by atoms with Gasteiger partial charge in [-0.3, -0.25) is 4.79 Å². The van der Waals surface area contributed by atoms with Crippen LogP contribution in [0.25, 0.3) is 0 Å². The Bertz CT molecular complexity index is 455. The number of benzene rings is 1. The second-order valence-electron chi connectivity index (χ2n) is 3.19. The van der Waals surface area contributed by atoms with Crippen molar-refractivity contribution < 1.29 is 17.9 Å². The highest BCUT2D eigenvalue weighted by Crippen LogP contribution is 2.20. The Morgan fingerprint density at radius 3 is 2.38 bits per heavy atom. The maximum Gasteiger partial charge on any atom is 0.314 e. The molecule has 0 spiro atoms. The summed E-state index contributed by atoms with van der Waals surface area (Å²) in [7, 11) is 2.60. The third-order valence-electron chi connectivity index (χ3n) is 2.05. The molecule has 0 saturated heterocycles. The van der Waals surface area contributed by atoms with Crippen molar-refractivity contribution in [3.8, 4) is 0 Å². The first-order chi connectivity index (χ1) is 7.44. The first kappa shape index (κ1) is 13.0. The second kappa shape index (κ2) is 5.32. The van der Waals surface area contributed by atoms with E-state index in [4.69, 9.17) is 10.7 Å². The van der Waals surface area contributed by atoms with E-state index in [9.17, 15) is 13.2 Å². The predicted molar refractivity (Wildman–Crippen MR) is 60.8 cm³/mol. The first-order valence-electron chi connectivity index (χ1n) is 4.49. The molecule has 0 radical (unpaired) electrons. The number of methoxy groups -OCH3 is 1. The van der Waals surface area contributed by atoms with Gasteiger partial charge in [0.1, 0.15) is 0 Å². The van der Waals surface area contributed by atoms with Crippen LogP contribution in [0.5, 0.6) is 0 Å². The number of rotatable bonds is 4. The fraction of sp³-hybridized carbons (Fsp3) is 0.300. The van der Waals surface area contributed by atoms with Crippen LogP contribution in [0.3, 0.4) is 0 Å². The summed E-state index contributed by atoms with van der Waals surface area (Å²) in [6.07, 6.45) is 0. The standard InChI is InChI=1S/C10H11ClO4S/c1-15-10(12)9(7-16(11,13)14)8-5-3-2-4-6-8/h2-6,9H,7H2,1H3. The second-order valence-corrected chi connectivity index (χ2v) is 6.01. The quantitative estimate of drug-likeness (QED) is 0.610. The molecule has 1 aromatic rings. The van der Waals surface area contributed by atoms with Crippen LogP contribution in [-0.2, 0) is 18.6 Å². The molecule has 1 atom stereocenters. The maximum absolute atomic E-state index is 11.4. The number of carbonyl (C=O) groups excluding carboxylic acids is 1. The third kappa shape index (κ3) is 3.83. The van der Waals surface area contributed by atoms with E-state index in [-0.39, 0.29) is 0 Å². The molecule has 0 bridgehead atoms. The zero-order valence-corrected chi connectivity index (χ0v) is 10.2. The minimum absolute atomic E-state index is 0.467. The van der Waals surface area contributed by atoms with Crippen molar-refractivity contribution in [2.24, 2.45) is 0 Å². The Hall–Kier alpha value is -1.07. The molecular formula is C10H11ClO4S. The van der Waals surface area contributed by atoms with E-state index in [1.807, 2.05) is 0 Å². The van der Waals surface area contributed by atoms with E-state index in [0.717, 1.165) is 0 Å². The van der Waals surface area contributed by atoms with Crippen molar-refractivity contribution >= 4 is 25.7 Å². The summed E-state index contributed by atoms with van der Waals surface area (Å²) in [5.74, 6) is -1.96. The summed E-state index contributed by atoms with van der Waals surface area (Å²) in [6, 6.07) is 8.51. The molecule has 0 saturated carbocycles. The van der Waals surface area contributed by atoms with Crippen LogP contribution in [0.4, 0.5) is 0 Å². The Balaban J connectivity index is 3.02. The van der Waals surface area contributed by atoms with Crippen molar-refractivity contribution in [2.45, 2.75) is 5.92 Å². The highest BCUT2D eigenvalue weighted by Gasteiger charge is 2.26. The fourth-order valence-corrected chi connectivity index (χ4v) is 2.43. The zero-order chi connectivity index (χ0) is 12.2. The van der Waals surface area contributed by atoms with Crippen molar-refractivity contribution in [3.63, 3.8) is 0 Å². The monoisotopic (exact) mass is 262 g/mol. The molecule has 0 amide bonds. The summed E-state index contributed by atoms with van der Waals surface area (Å²) in [4.78, 5) is 11.4. The molecule has 0 aliphatic carbocycles. The molecule has 1 unspecified atom stereocenters.